The van der Waals surface area contributed by atoms with Gasteiger partial charge in [-0.1, -0.05) is 13.8 Å². The fourth-order valence-electron chi connectivity index (χ4n) is 3.00. The highest BCUT2D eigenvalue weighted by molar-refractivity contribution is 7.87. The molecule has 0 aromatic rings. The van der Waals surface area contributed by atoms with Crippen LogP contribution < -0.4 is 10.0 Å². The van der Waals surface area contributed by atoms with E-state index in [0.29, 0.717) is 31.5 Å². The summed E-state index contributed by atoms with van der Waals surface area (Å²) in [6.45, 7) is 8.29. The number of piperidine rings is 1. The second kappa shape index (κ2) is 7.90. The summed E-state index contributed by atoms with van der Waals surface area (Å²) in [4.78, 5) is 0. The maximum Gasteiger partial charge on any atom is 0.279 e. The molecule has 6 heteroatoms. The van der Waals surface area contributed by atoms with Crippen LogP contribution >= 0.6 is 0 Å². The Bertz CT molecular complexity index is 401. The van der Waals surface area contributed by atoms with Crippen molar-refractivity contribution in [2.45, 2.75) is 46.0 Å². The third kappa shape index (κ3) is 5.51. The van der Waals surface area contributed by atoms with Gasteiger partial charge in [-0.25, -0.2) is 4.72 Å². The fraction of sp³-hybridized carbons (Fsp3) is 1.00. The van der Waals surface area contributed by atoms with Gasteiger partial charge in [0, 0.05) is 19.6 Å². The van der Waals surface area contributed by atoms with E-state index in [-0.39, 0.29) is 0 Å². The molecule has 1 aliphatic heterocycles. The van der Waals surface area contributed by atoms with E-state index < -0.39 is 10.2 Å². The first-order chi connectivity index (χ1) is 10.0. The maximum atomic E-state index is 12.3. The first kappa shape index (κ1) is 17.2. The Morgan fingerprint density at radius 3 is 2.43 bits per heavy atom. The third-order valence-electron chi connectivity index (χ3n) is 4.79. The molecule has 2 N–H and O–H groups in total. The maximum absolute atomic E-state index is 12.3. The predicted octanol–water partition coefficient (Wildman–Crippen LogP) is 1.58. The van der Waals surface area contributed by atoms with Gasteiger partial charge in [0.2, 0.25) is 0 Å². The summed E-state index contributed by atoms with van der Waals surface area (Å²) in [6, 6.07) is 0. The molecule has 1 saturated heterocycles. The van der Waals surface area contributed by atoms with Crippen LogP contribution in [-0.2, 0) is 10.2 Å². The number of hydrogen-bond acceptors (Lipinski definition) is 3. The molecule has 0 radical (unpaired) electrons. The lowest BCUT2D eigenvalue weighted by Crippen LogP contribution is -2.47. The molecule has 5 nitrogen and oxygen atoms in total. The van der Waals surface area contributed by atoms with E-state index in [0.717, 1.165) is 38.3 Å². The molecule has 1 atom stereocenters. The van der Waals surface area contributed by atoms with Crippen LogP contribution in [0.2, 0.25) is 0 Å². The standard InChI is InChI=1S/C15H31N3O2S/c1-3-8-16-12-14-6-9-18(10-7-14)21(19,20)17-11-13(2)15-4-5-15/h13-17H,3-12H2,1-2H3. The van der Waals surface area contributed by atoms with E-state index in [9.17, 15) is 8.42 Å². The summed E-state index contributed by atoms with van der Waals surface area (Å²) < 4.78 is 29.0. The van der Waals surface area contributed by atoms with Crippen molar-refractivity contribution < 1.29 is 8.42 Å². The van der Waals surface area contributed by atoms with Crippen molar-refractivity contribution in [1.29, 1.82) is 0 Å². The average molecular weight is 317 g/mol. The minimum atomic E-state index is -3.27. The van der Waals surface area contributed by atoms with Crippen molar-refractivity contribution in [3.05, 3.63) is 0 Å². The van der Waals surface area contributed by atoms with Gasteiger partial charge in [0.15, 0.2) is 0 Å². The summed E-state index contributed by atoms with van der Waals surface area (Å²) in [5.74, 6) is 1.83. The van der Waals surface area contributed by atoms with E-state index >= 15 is 0 Å². The van der Waals surface area contributed by atoms with Gasteiger partial charge in [0.25, 0.3) is 10.2 Å². The van der Waals surface area contributed by atoms with Crippen molar-refractivity contribution >= 4 is 10.2 Å². The monoisotopic (exact) mass is 317 g/mol. The Kier molecular flexibility index (Phi) is 6.47. The van der Waals surface area contributed by atoms with Gasteiger partial charge in [0.05, 0.1) is 0 Å². The Morgan fingerprint density at radius 2 is 1.86 bits per heavy atom. The molecular weight excluding hydrogens is 286 g/mol. The van der Waals surface area contributed by atoms with Crippen LogP contribution in [-0.4, -0.2) is 45.4 Å². The smallest absolute Gasteiger partial charge is 0.279 e. The summed E-state index contributed by atoms with van der Waals surface area (Å²) in [5, 5.41) is 3.43. The second-order valence-electron chi connectivity index (χ2n) is 6.71. The summed E-state index contributed by atoms with van der Waals surface area (Å²) >= 11 is 0. The van der Waals surface area contributed by atoms with Crippen molar-refractivity contribution in [2.24, 2.45) is 17.8 Å². The molecule has 2 aliphatic rings. The quantitative estimate of drug-likeness (QED) is 0.635. The van der Waals surface area contributed by atoms with Crippen LogP contribution in [0.5, 0.6) is 0 Å². The summed E-state index contributed by atoms with van der Waals surface area (Å²) in [7, 11) is -3.27. The van der Waals surface area contributed by atoms with Crippen molar-refractivity contribution in [3.8, 4) is 0 Å². The normalized spacial score (nSPS) is 23.3. The lowest BCUT2D eigenvalue weighted by molar-refractivity contribution is 0.264. The lowest BCUT2D eigenvalue weighted by atomic mass is 9.98. The van der Waals surface area contributed by atoms with Gasteiger partial charge < -0.3 is 5.32 Å². The van der Waals surface area contributed by atoms with Crippen LogP contribution in [0.3, 0.4) is 0 Å². The first-order valence-corrected chi connectivity index (χ1v) is 9.92. The molecule has 124 valence electrons. The molecule has 1 saturated carbocycles. The number of nitrogens with zero attached hydrogens (tertiary/aromatic N) is 1. The highest BCUT2D eigenvalue weighted by Gasteiger charge is 2.31. The molecule has 0 bridgehead atoms. The van der Waals surface area contributed by atoms with E-state index in [2.05, 4.69) is 23.9 Å². The zero-order chi connectivity index (χ0) is 15.3. The minimum Gasteiger partial charge on any atom is -0.316 e. The van der Waals surface area contributed by atoms with Gasteiger partial charge in [-0.3, -0.25) is 0 Å². The molecule has 2 rings (SSSR count). The number of rotatable bonds is 9. The van der Waals surface area contributed by atoms with Crippen LogP contribution in [0.1, 0.15) is 46.0 Å². The predicted molar refractivity (Wildman–Crippen MR) is 86.3 cm³/mol. The summed E-state index contributed by atoms with van der Waals surface area (Å²) in [5.41, 5.74) is 0. The molecule has 0 aromatic carbocycles. The minimum absolute atomic E-state index is 0.468. The highest BCUT2D eigenvalue weighted by Crippen LogP contribution is 2.36. The molecule has 1 heterocycles. The molecule has 1 aliphatic carbocycles. The van der Waals surface area contributed by atoms with Gasteiger partial charge in [-0.15, -0.1) is 0 Å². The van der Waals surface area contributed by atoms with Crippen molar-refractivity contribution in [2.75, 3.05) is 32.7 Å². The molecule has 2 fully saturated rings. The molecule has 0 spiro atoms. The molecule has 21 heavy (non-hydrogen) atoms. The molecular formula is C15H31N3O2S. The van der Waals surface area contributed by atoms with E-state index in [1.807, 2.05) is 0 Å². The van der Waals surface area contributed by atoms with Gasteiger partial charge in [0.1, 0.15) is 0 Å². The Morgan fingerprint density at radius 1 is 1.19 bits per heavy atom. The van der Waals surface area contributed by atoms with Crippen molar-refractivity contribution in [1.82, 2.24) is 14.3 Å². The highest BCUT2D eigenvalue weighted by atomic mass is 32.2. The average Bonchev–Trinajstić information content (AvgIpc) is 3.30. The molecule has 0 amide bonds. The van der Waals surface area contributed by atoms with Gasteiger partial charge in [-0.2, -0.15) is 12.7 Å². The topological polar surface area (TPSA) is 61.4 Å². The Labute approximate surface area is 130 Å². The van der Waals surface area contributed by atoms with Gasteiger partial charge in [-0.05, 0) is 62.9 Å². The molecule has 0 aromatic heterocycles. The second-order valence-corrected chi connectivity index (χ2v) is 8.47. The fourth-order valence-corrected chi connectivity index (χ4v) is 4.34. The van der Waals surface area contributed by atoms with Crippen LogP contribution in [0.25, 0.3) is 0 Å². The van der Waals surface area contributed by atoms with Gasteiger partial charge >= 0.3 is 0 Å². The number of hydrogen-bond donors (Lipinski definition) is 2. The summed E-state index contributed by atoms with van der Waals surface area (Å²) in [6.07, 6.45) is 5.61. The Balaban J connectivity index is 1.69. The largest absolute Gasteiger partial charge is 0.316 e. The zero-order valence-corrected chi connectivity index (χ0v) is 14.3. The third-order valence-corrected chi connectivity index (χ3v) is 6.36. The zero-order valence-electron chi connectivity index (χ0n) is 13.5. The van der Waals surface area contributed by atoms with Crippen LogP contribution in [0.4, 0.5) is 0 Å². The van der Waals surface area contributed by atoms with E-state index in [4.69, 9.17) is 0 Å². The van der Waals surface area contributed by atoms with Crippen LogP contribution in [0, 0.1) is 17.8 Å². The lowest BCUT2D eigenvalue weighted by Gasteiger charge is -2.31. The van der Waals surface area contributed by atoms with Crippen LogP contribution in [0.15, 0.2) is 0 Å². The first-order valence-electron chi connectivity index (χ1n) is 8.48. The van der Waals surface area contributed by atoms with Crippen molar-refractivity contribution in [3.63, 3.8) is 0 Å². The Hall–Kier alpha value is -0.170. The molecule has 1 unspecified atom stereocenters. The SMILES string of the molecule is CCCNCC1CCN(S(=O)(=O)NCC(C)C2CC2)CC1. The number of nitrogens with one attached hydrogen (secondary N) is 2. The van der Waals surface area contributed by atoms with E-state index in [1.54, 1.807) is 4.31 Å². The van der Waals surface area contributed by atoms with E-state index in [1.165, 1.54) is 12.8 Å².